The van der Waals surface area contributed by atoms with Gasteiger partial charge in [-0.25, -0.2) is 0 Å². The Hall–Kier alpha value is -0.610. The summed E-state index contributed by atoms with van der Waals surface area (Å²) in [6.07, 6.45) is 4.68. The molecule has 0 spiro atoms. The first-order chi connectivity index (χ1) is 8.69. The lowest BCUT2D eigenvalue weighted by molar-refractivity contribution is -0.137. The molecule has 4 nitrogen and oxygen atoms in total. The van der Waals surface area contributed by atoms with E-state index in [-0.39, 0.29) is 11.9 Å². The highest BCUT2D eigenvalue weighted by molar-refractivity contribution is 5.81. The molecule has 18 heavy (non-hydrogen) atoms. The summed E-state index contributed by atoms with van der Waals surface area (Å²) in [5, 5.41) is 3.47. The van der Waals surface area contributed by atoms with Crippen molar-refractivity contribution < 1.29 is 9.53 Å². The van der Waals surface area contributed by atoms with Gasteiger partial charge < -0.3 is 15.0 Å². The lowest BCUT2D eigenvalue weighted by Crippen LogP contribution is -2.51. The maximum Gasteiger partial charge on any atom is 0.239 e. The Bertz CT molecular complexity index is 240. The molecule has 106 valence electrons. The summed E-state index contributed by atoms with van der Waals surface area (Å²) in [4.78, 5) is 14.1. The second-order valence-electron chi connectivity index (χ2n) is 5.07. The van der Waals surface area contributed by atoms with E-state index in [1.165, 1.54) is 12.8 Å². The number of hydrogen-bond acceptors (Lipinski definition) is 3. The number of carbonyl (C=O) groups excluding carboxylic acids is 1. The summed E-state index contributed by atoms with van der Waals surface area (Å²) >= 11 is 0. The molecule has 1 amide bonds. The smallest absolute Gasteiger partial charge is 0.239 e. The summed E-state index contributed by atoms with van der Waals surface area (Å²) in [5.74, 6) is 0.216. The van der Waals surface area contributed by atoms with Gasteiger partial charge in [0.2, 0.25) is 5.91 Å². The van der Waals surface area contributed by atoms with Gasteiger partial charge in [-0.2, -0.15) is 0 Å². The van der Waals surface area contributed by atoms with E-state index in [2.05, 4.69) is 19.2 Å². The van der Waals surface area contributed by atoms with Gasteiger partial charge in [0.05, 0.1) is 19.3 Å². The van der Waals surface area contributed by atoms with Crippen LogP contribution in [-0.4, -0.2) is 49.2 Å². The lowest BCUT2D eigenvalue weighted by Gasteiger charge is -2.31. The minimum Gasteiger partial charge on any atom is -0.378 e. The zero-order valence-electron chi connectivity index (χ0n) is 12.1. The van der Waals surface area contributed by atoms with Crippen LogP contribution in [0.2, 0.25) is 0 Å². The number of rotatable bonds is 7. The predicted molar refractivity (Wildman–Crippen MR) is 73.6 cm³/mol. The molecule has 0 aromatic carbocycles. The molecule has 2 atom stereocenters. The first-order valence-electron chi connectivity index (χ1n) is 7.31. The molecule has 4 heteroatoms. The third-order valence-corrected chi connectivity index (χ3v) is 3.58. The molecule has 1 saturated heterocycles. The van der Waals surface area contributed by atoms with Crippen LogP contribution in [0.5, 0.6) is 0 Å². The van der Waals surface area contributed by atoms with Crippen LogP contribution >= 0.6 is 0 Å². The highest BCUT2D eigenvalue weighted by atomic mass is 16.5. The molecule has 1 aliphatic rings. The number of unbranched alkanes of at least 4 members (excludes halogenated alkanes) is 1. The third kappa shape index (κ3) is 4.94. The van der Waals surface area contributed by atoms with Gasteiger partial charge in [-0.05, 0) is 19.8 Å². The molecule has 0 aromatic heterocycles. The molecular weight excluding hydrogens is 228 g/mol. The van der Waals surface area contributed by atoms with Crippen LogP contribution in [0.25, 0.3) is 0 Å². The van der Waals surface area contributed by atoms with E-state index < -0.39 is 0 Å². The summed E-state index contributed by atoms with van der Waals surface area (Å²) in [6, 6.07) is 0.384. The zero-order valence-corrected chi connectivity index (χ0v) is 12.1. The van der Waals surface area contributed by atoms with Gasteiger partial charge in [0.25, 0.3) is 0 Å². The Morgan fingerprint density at radius 3 is 2.56 bits per heavy atom. The first kappa shape index (κ1) is 15.4. The monoisotopic (exact) mass is 256 g/mol. The molecule has 0 bridgehead atoms. The van der Waals surface area contributed by atoms with Gasteiger partial charge >= 0.3 is 0 Å². The van der Waals surface area contributed by atoms with E-state index in [0.717, 1.165) is 25.9 Å². The lowest BCUT2D eigenvalue weighted by atomic mass is 10.1. The van der Waals surface area contributed by atoms with Crippen molar-refractivity contribution in [3.63, 3.8) is 0 Å². The van der Waals surface area contributed by atoms with E-state index in [1.54, 1.807) is 0 Å². The van der Waals surface area contributed by atoms with Crippen LogP contribution in [0.4, 0.5) is 0 Å². The van der Waals surface area contributed by atoms with Crippen molar-refractivity contribution in [2.75, 3.05) is 26.3 Å². The second-order valence-corrected chi connectivity index (χ2v) is 5.07. The number of amides is 1. The Morgan fingerprint density at radius 2 is 2.00 bits per heavy atom. The van der Waals surface area contributed by atoms with Gasteiger partial charge in [-0.3, -0.25) is 4.79 Å². The maximum atomic E-state index is 12.2. The molecule has 2 unspecified atom stereocenters. The van der Waals surface area contributed by atoms with Gasteiger partial charge in [-0.15, -0.1) is 0 Å². The number of nitrogens with zero attached hydrogens (tertiary/aromatic N) is 1. The van der Waals surface area contributed by atoms with E-state index >= 15 is 0 Å². The number of hydrogen-bond donors (Lipinski definition) is 1. The molecule has 0 radical (unpaired) electrons. The number of carbonyl (C=O) groups is 1. The fourth-order valence-electron chi connectivity index (χ4n) is 2.34. The van der Waals surface area contributed by atoms with Crippen molar-refractivity contribution in [2.24, 2.45) is 0 Å². The topological polar surface area (TPSA) is 41.6 Å². The average Bonchev–Trinajstić information content (AvgIpc) is 2.43. The minimum atomic E-state index is -0.0788. The van der Waals surface area contributed by atoms with E-state index in [4.69, 9.17) is 4.74 Å². The Labute approximate surface area is 111 Å². The van der Waals surface area contributed by atoms with Gasteiger partial charge in [0, 0.05) is 19.1 Å². The van der Waals surface area contributed by atoms with E-state index in [9.17, 15) is 4.79 Å². The first-order valence-corrected chi connectivity index (χ1v) is 7.31. The Kier molecular flexibility index (Phi) is 7.28. The van der Waals surface area contributed by atoms with Gasteiger partial charge in [-0.1, -0.05) is 26.7 Å². The molecule has 1 N–H and O–H groups in total. The van der Waals surface area contributed by atoms with Crippen LogP contribution in [0, 0.1) is 0 Å². The maximum absolute atomic E-state index is 12.2. The zero-order chi connectivity index (χ0) is 13.4. The molecule has 1 aliphatic heterocycles. The second kappa shape index (κ2) is 8.48. The van der Waals surface area contributed by atoms with E-state index in [1.807, 2.05) is 11.8 Å². The van der Waals surface area contributed by atoms with Crippen LogP contribution in [-0.2, 0) is 9.53 Å². The van der Waals surface area contributed by atoms with Crippen molar-refractivity contribution in [1.82, 2.24) is 10.2 Å². The SMILES string of the molecule is CCCCC(CC)NC(C)C(=O)N1CCOCC1. The molecule has 1 heterocycles. The fraction of sp³-hybridized carbons (Fsp3) is 0.929. The van der Waals surface area contributed by atoms with Crippen molar-refractivity contribution in [2.45, 2.75) is 58.5 Å². The van der Waals surface area contributed by atoms with Crippen molar-refractivity contribution in [3.8, 4) is 0 Å². The minimum absolute atomic E-state index is 0.0788. The summed E-state index contributed by atoms with van der Waals surface area (Å²) in [5.41, 5.74) is 0. The molecule has 0 aromatic rings. The summed E-state index contributed by atoms with van der Waals surface area (Å²) < 4.78 is 5.27. The number of ether oxygens (including phenoxy) is 1. The molecule has 0 saturated carbocycles. The summed E-state index contributed by atoms with van der Waals surface area (Å²) in [7, 11) is 0. The Balaban J connectivity index is 2.36. The fourth-order valence-corrected chi connectivity index (χ4v) is 2.34. The molecule has 1 rings (SSSR count). The molecule has 0 aliphatic carbocycles. The van der Waals surface area contributed by atoms with Crippen LogP contribution in [0.3, 0.4) is 0 Å². The predicted octanol–water partition coefficient (Wildman–Crippen LogP) is 1.79. The largest absolute Gasteiger partial charge is 0.378 e. The van der Waals surface area contributed by atoms with Crippen molar-refractivity contribution in [3.05, 3.63) is 0 Å². The highest BCUT2D eigenvalue weighted by Crippen LogP contribution is 2.07. The quantitative estimate of drug-likeness (QED) is 0.755. The van der Waals surface area contributed by atoms with Gasteiger partial charge in [0.15, 0.2) is 0 Å². The van der Waals surface area contributed by atoms with Crippen LogP contribution < -0.4 is 5.32 Å². The number of morpholine rings is 1. The average molecular weight is 256 g/mol. The highest BCUT2D eigenvalue weighted by Gasteiger charge is 2.23. The van der Waals surface area contributed by atoms with Crippen molar-refractivity contribution >= 4 is 5.91 Å². The molecular formula is C14H28N2O2. The van der Waals surface area contributed by atoms with Crippen molar-refractivity contribution in [1.29, 1.82) is 0 Å². The Morgan fingerprint density at radius 1 is 1.33 bits per heavy atom. The molecule has 1 fully saturated rings. The third-order valence-electron chi connectivity index (χ3n) is 3.58. The number of nitrogens with one attached hydrogen (secondary N) is 1. The van der Waals surface area contributed by atoms with E-state index in [0.29, 0.717) is 19.3 Å². The van der Waals surface area contributed by atoms with Crippen LogP contribution in [0.1, 0.15) is 46.5 Å². The summed E-state index contributed by atoms with van der Waals surface area (Å²) in [6.45, 7) is 9.17. The van der Waals surface area contributed by atoms with Gasteiger partial charge in [0.1, 0.15) is 0 Å². The normalized spacial score (nSPS) is 19.6. The standard InChI is InChI=1S/C14H28N2O2/c1-4-6-7-13(5-2)15-12(3)14(17)16-8-10-18-11-9-16/h12-13,15H,4-11H2,1-3H3. The van der Waals surface area contributed by atoms with Crippen LogP contribution in [0.15, 0.2) is 0 Å².